The summed E-state index contributed by atoms with van der Waals surface area (Å²) >= 11 is 5.96. The number of carbonyl (C=O) groups is 2. The summed E-state index contributed by atoms with van der Waals surface area (Å²) < 4.78 is 45.8. The molecule has 4 aromatic rings. The largest absolute Gasteiger partial charge is 0.441 e. The van der Waals surface area contributed by atoms with Gasteiger partial charge in [0.05, 0.1) is 29.3 Å². The van der Waals surface area contributed by atoms with E-state index in [-0.39, 0.29) is 44.7 Å². The van der Waals surface area contributed by atoms with Gasteiger partial charge < -0.3 is 10.1 Å². The van der Waals surface area contributed by atoms with Gasteiger partial charge in [0, 0.05) is 30.6 Å². The van der Waals surface area contributed by atoms with Crippen molar-refractivity contribution in [2.45, 2.75) is 19.5 Å². The molecule has 4 heterocycles. The molecule has 0 bridgehead atoms. The van der Waals surface area contributed by atoms with Crippen LogP contribution in [0, 0.1) is 5.82 Å². The fraction of sp³-hybridized carbons (Fsp3) is 0.174. The Hall–Kier alpha value is -4.59. The molecule has 11 nitrogen and oxygen atoms in total. The second-order valence-electron chi connectivity index (χ2n) is 7.81. The summed E-state index contributed by atoms with van der Waals surface area (Å²) in [5.41, 5.74) is 0.509. The van der Waals surface area contributed by atoms with Crippen LogP contribution in [-0.2, 0) is 11.8 Å². The van der Waals surface area contributed by atoms with Gasteiger partial charge in [-0.15, -0.1) is 5.10 Å². The molecule has 0 spiro atoms. The number of rotatable bonds is 7. The van der Waals surface area contributed by atoms with E-state index in [1.807, 2.05) is 0 Å². The molecular weight excluding hydrogens is 529 g/mol. The summed E-state index contributed by atoms with van der Waals surface area (Å²) in [6.45, 7) is 1.50. The second-order valence-corrected chi connectivity index (χ2v) is 8.17. The highest BCUT2D eigenvalue weighted by Gasteiger charge is 2.21. The monoisotopic (exact) mass is 546 g/mol. The Kier molecular flexibility index (Phi) is 7.81. The average molecular weight is 547 g/mol. The molecule has 1 atom stereocenters. The van der Waals surface area contributed by atoms with E-state index in [2.05, 4.69) is 35.9 Å². The van der Waals surface area contributed by atoms with Gasteiger partial charge in [-0.25, -0.2) is 27.6 Å². The number of nitrogens with zero attached hydrogens (tertiary/aromatic N) is 6. The van der Waals surface area contributed by atoms with Gasteiger partial charge >= 0.3 is 6.09 Å². The fourth-order valence-electron chi connectivity index (χ4n) is 3.26. The van der Waals surface area contributed by atoms with Crippen molar-refractivity contribution in [1.82, 2.24) is 29.9 Å². The smallest absolute Gasteiger partial charge is 0.413 e. The summed E-state index contributed by atoms with van der Waals surface area (Å²) in [6, 6.07) is 5.17. The Balaban J connectivity index is 1.45. The van der Waals surface area contributed by atoms with Gasteiger partial charge in [0.1, 0.15) is 17.1 Å². The molecule has 0 radical (unpaired) electrons. The number of alkyl halides is 2. The first kappa shape index (κ1) is 26.5. The lowest BCUT2D eigenvalue weighted by atomic mass is 10.2. The van der Waals surface area contributed by atoms with E-state index in [4.69, 9.17) is 16.3 Å². The predicted molar refractivity (Wildman–Crippen MR) is 129 cm³/mol. The molecule has 0 aliphatic rings. The number of pyridine rings is 3. The number of carbonyl (C=O) groups excluding carboxylic acids is 2. The summed E-state index contributed by atoms with van der Waals surface area (Å²) in [5, 5.41) is 12.9. The van der Waals surface area contributed by atoms with Crippen LogP contribution in [0.3, 0.4) is 0 Å². The number of hydrogen-bond acceptors (Lipinski definition) is 8. The van der Waals surface area contributed by atoms with Crippen molar-refractivity contribution in [3.8, 4) is 11.4 Å². The molecule has 196 valence electrons. The molecule has 0 aliphatic carbocycles. The van der Waals surface area contributed by atoms with E-state index in [0.29, 0.717) is 0 Å². The third-order valence-electron chi connectivity index (χ3n) is 5.14. The van der Waals surface area contributed by atoms with Crippen LogP contribution in [0.25, 0.3) is 11.4 Å². The highest BCUT2D eigenvalue weighted by Crippen LogP contribution is 2.27. The molecular formula is C23H18ClF3N8O3. The van der Waals surface area contributed by atoms with Gasteiger partial charge in [0.2, 0.25) is 0 Å². The standard InChI is InChI=1S/C23H18ClF3N8O3/c1-11(16-6-14(25)9-30-19(16)24)38-23(37)32-21-18(33-34-35(21)2)17-4-3-15(10-29-17)31-22(36)13-5-12(20(26)27)7-28-8-13/h3-11,20H,1-2H3,(H,31,36)(H,32,37)/t11-/m1/s1. The topological polar surface area (TPSA) is 137 Å². The number of aryl methyl sites for hydroxylation is 1. The molecule has 4 rings (SSSR count). The van der Waals surface area contributed by atoms with Crippen molar-refractivity contribution in [2.24, 2.45) is 7.05 Å². The fourth-order valence-corrected chi connectivity index (χ4v) is 3.51. The van der Waals surface area contributed by atoms with Gasteiger partial charge in [-0.3, -0.25) is 20.1 Å². The highest BCUT2D eigenvalue weighted by atomic mass is 35.5. The Morgan fingerprint density at radius 2 is 1.87 bits per heavy atom. The number of aromatic nitrogens is 6. The van der Waals surface area contributed by atoms with E-state index in [1.54, 1.807) is 0 Å². The van der Waals surface area contributed by atoms with Crippen LogP contribution < -0.4 is 10.6 Å². The number of nitrogens with one attached hydrogen (secondary N) is 2. The number of hydrogen-bond donors (Lipinski definition) is 2. The van der Waals surface area contributed by atoms with Gasteiger partial charge in [-0.1, -0.05) is 16.8 Å². The lowest BCUT2D eigenvalue weighted by Gasteiger charge is -2.15. The lowest BCUT2D eigenvalue weighted by Crippen LogP contribution is -2.19. The van der Waals surface area contributed by atoms with E-state index in [0.717, 1.165) is 24.5 Å². The third kappa shape index (κ3) is 6.03. The number of anilines is 2. The number of halogens is 4. The molecule has 0 unspecified atom stereocenters. The maximum absolute atomic E-state index is 13.5. The number of ether oxygens (including phenoxy) is 1. The van der Waals surface area contributed by atoms with Crippen molar-refractivity contribution >= 4 is 35.1 Å². The molecule has 0 aromatic carbocycles. The third-order valence-corrected chi connectivity index (χ3v) is 5.46. The maximum Gasteiger partial charge on any atom is 0.413 e. The van der Waals surface area contributed by atoms with Crippen molar-refractivity contribution in [2.75, 3.05) is 10.6 Å². The van der Waals surface area contributed by atoms with Crippen LogP contribution in [0.1, 0.15) is 40.9 Å². The summed E-state index contributed by atoms with van der Waals surface area (Å²) in [5.74, 6) is -1.14. The zero-order valence-corrected chi connectivity index (χ0v) is 20.4. The maximum atomic E-state index is 13.5. The zero-order chi connectivity index (χ0) is 27.4. The average Bonchev–Trinajstić information content (AvgIpc) is 3.25. The predicted octanol–water partition coefficient (Wildman–Crippen LogP) is 4.96. The Morgan fingerprint density at radius 1 is 1.08 bits per heavy atom. The van der Waals surface area contributed by atoms with Crippen LogP contribution in [0.4, 0.5) is 29.5 Å². The molecule has 0 saturated heterocycles. The van der Waals surface area contributed by atoms with Gasteiger partial charge in [-0.05, 0) is 31.2 Å². The van der Waals surface area contributed by atoms with E-state index in [9.17, 15) is 22.8 Å². The van der Waals surface area contributed by atoms with E-state index >= 15 is 0 Å². The molecule has 0 saturated carbocycles. The van der Waals surface area contributed by atoms with Crippen molar-refractivity contribution in [1.29, 1.82) is 0 Å². The van der Waals surface area contributed by atoms with Crippen LogP contribution >= 0.6 is 11.6 Å². The normalized spacial score (nSPS) is 11.8. The van der Waals surface area contributed by atoms with Crippen molar-refractivity contribution in [3.05, 3.63) is 76.7 Å². The second kappa shape index (κ2) is 11.2. The first-order valence-corrected chi connectivity index (χ1v) is 11.2. The Morgan fingerprint density at radius 3 is 2.58 bits per heavy atom. The van der Waals surface area contributed by atoms with Gasteiger partial charge in [-0.2, -0.15) is 0 Å². The van der Waals surface area contributed by atoms with Gasteiger partial charge in [0.25, 0.3) is 12.3 Å². The molecule has 2 amide bonds. The van der Waals surface area contributed by atoms with E-state index in [1.165, 1.54) is 43.2 Å². The molecule has 15 heteroatoms. The van der Waals surface area contributed by atoms with Crippen LogP contribution in [0.5, 0.6) is 0 Å². The summed E-state index contributed by atoms with van der Waals surface area (Å²) in [4.78, 5) is 36.5. The summed E-state index contributed by atoms with van der Waals surface area (Å²) in [7, 11) is 1.53. The molecule has 0 aliphatic heterocycles. The first-order chi connectivity index (χ1) is 18.1. The SMILES string of the molecule is C[C@@H](OC(=O)Nc1c(-c2ccc(NC(=O)c3cncc(C(F)F)c3)cn2)nnn1C)c1cc(F)cnc1Cl. The minimum atomic E-state index is -2.76. The molecule has 4 aromatic heterocycles. The highest BCUT2D eigenvalue weighted by molar-refractivity contribution is 6.30. The zero-order valence-electron chi connectivity index (χ0n) is 19.7. The minimum Gasteiger partial charge on any atom is -0.441 e. The van der Waals surface area contributed by atoms with Crippen LogP contribution in [-0.4, -0.2) is 41.9 Å². The Bertz CT molecular complexity index is 1480. The van der Waals surface area contributed by atoms with Crippen LogP contribution in [0.2, 0.25) is 5.15 Å². The molecule has 2 N–H and O–H groups in total. The lowest BCUT2D eigenvalue weighted by molar-refractivity contribution is 0.102. The molecule has 38 heavy (non-hydrogen) atoms. The quantitative estimate of drug-likeness (QED) is 0.310. The first-order valence-electron chi connectivity index (χ1n) is 10.8. The molecule has 0 fully saturated rings. The Labute approximate surface area is 218 Å². The van der Waals surface area contributed by atoms with E-state index < -0.39 is 30.3 Å². The van der Waals surface area contributed by atoms with Crippen LogP contribution in [0.15, 0.2) is 49.1 Å². The number of amides is 2. The summed E-state index contributed by atoms with van der Waals surface area (Å²) in [6.07, 6.45) is -0.176. The minimum absolute atomic E-state index is 0.0102. The van der Waals surface area contributed by atoms with Crippen molar-refractivity contribution in [3.63, 3.8) is 0 Å². The van der Waals surface area contributed by atoms with Gasteiger partial charge in [0.15, 0.2) is 11.5 Å². The van der Waals surface area contributed by atoms with Crippen molar-refractivity contribution < 1.29 is 27.5 Å².